The first-order chi connectivity index (χ1) is 19.7. The number of sulfonamides is 1. The van der Waals surface area contributed by atoms with Crippen LogP contribution in [0.1, 0.15) is 40.7 Å². The lowest BCUT2D eigenvalue weighted by molar-refractivity contribution is -0.137. The Bertz CT molecular complexity index is 1800. The van der Waals surface area contributed by atoms with Gasteiger partial charge >= 0.3 is 6.18 Å². The van der Waals surface area contributed by atoms with Gasteiger partial charge in [0.2, 0.25) is 10.0 Å². The summed E-state index contributed by atoms with van der Waals surface area (Å²) in [7, 11) is -2.50. The summed E-state index contributed by atoms with van der Waals surface area (Å²) in [6, 6.07) is 7.29. The van der Waals surface area contributed by atoms with Crippen molar-refractivity contribution in [1.82, 2.24) is 28.9 Å². The lowest BCUT2D eigenvalue weighted by atomic mass is 9.51. The first kappa shape index (κ1) is 28.2. The summed E-state index contributed by atoms with van der Waals surface area (Å²) in [5.41, 5.74) is -1.71. The van der Waals surface area contributed by atoms with Gasteiger partial charge in [0.1, 0.15) is 16.4 Å². The molecule has 0 radical (unpaired) electrons. The number of halogens is 4. The Morgan fingerprint density at radius 3 is 2.45 bits per heavy atom. The zero-order valence-electron chi connectivity index (χ0n) is 22.6. The van der Waals surface area contributed by atoms with Crippen LogP contribution in [0.3, 0.4) is 0 Å². The van der Waals surface area contributed by atoms with Gasteiger partial charge in [-0.1, -0.05) is 6.92 Å². The van der Waals surface area contributed by atoms with Crippen LogP contribution in [0.25, 0.3) is 5.69 Å². The molecule has 0 N–H and O–H groups in total. The number of alkyl halides is 3. The number of Topliss-reactive ketones (excluding diaryl/α,β-unsaturated/α-hetero) is 1. The molecule has 2 aliphatic rings. The minimum Gasteiger partial charge on any atom is -0.292 e. The molecule has 0 bridgehead atoms. The van der Waals surface area contributed by atoms with E-state index in [-0.39, 0.29) is 42.9 Å². The molecule has 1 saturated heterocycles. The van der Waals surface area contributed by atoms with Crippen LogP contribution < -0.4 is 0 Å². The highest BCUT2D eigenvalue weighted by molar-refractivity contribution is 7.89. The van der Waals surface area contributed by atoms with Crippen LogP contribution in [0, 0.1) is 16.6 Å². The Kier molecular flexibility index (Phi) is 6.42. The summed E-state index contributed by atoms with van der Waals surface area (Å²) in [5.74, 6) is -1.07. The van der Waals surface area contributed by atoms with Crippen LogP contribution in [0.4, 0.5) is 17.6 Å². The molecule has 1 aliphatic heterocycles. The quantitative estimate of drug-likeness (QED) is 0.250. The number of hydrogen-bond acceptors (Lipinski definition) is 6. The number of hydrogen-bond donors (Lipinski definition) is 0. The number of aryl methyl sites for hydroxylation is 1. The molecule has 14 heteroatoms. The predicted molar refractivity (Wildman–Crippen MR) is 142 cm³/mol. The molecule has 42 heavy (non-hydrogen) atoms. The zero-order valence-corrected chi connectivity index (χ0v) is 23.5. The second-order valence-corrected chi connectivity index (χ2v) is 13.1. The predicted octanol–water partition coefficient (Wildman–Crippen LogP) is 4.23. The lowest BCUT2D eigenvalue weighted by Gasteiger charge is -2.55. The first-order valence-electron chi connectivity index (χ1n) is 13.1. The molecule has 6 rings (SSSR count). The van der Waals surface area contributed by atoms with Gasteiger partial charge in [0, 0.05) is 38.2 Å². The number of piperidine rings is 1. The van der Waals surface area contributed by atoms with Gasteiger partial charge in [0.25, 0.3) is 0 Å². The van der Waals surface area contributed by atoms with Crippen molar-refractivity contribution in [3.63, 3.8) is 0 Å². The second-order valence-electron chi connectivity index (χ2n) is 11.2. The summed E-state index contributed by atoms with van der Waals surface area (Å²) in [5, 5.41) is 8.46. The van der Waals surface area contributed by atoms with Crippen molar-refractivity contribution in [2.24, 2.45) is 17.9 Å². The van der Waals surface area contributed by atoms with E-state index >= 15 is 0 Å². The molecule has 1 fully saturated rings. The Hall–Kier alpha value is -3.91. The minimum absolute atomic E-state index is 0.0237. The van der Waals surface area contributed by atoms with E-state index in [9.17, 15) is 30.8 Å². The second kappa shape index (κ2) is 9.56. The van der Waals surface area contributed by atoms with Gasteiger partial charge in [-0.15, -0.1) is 0 Å². The number of nitrogens with zero attached hydrogens (tertiary/aromatic N) is 6. The molecule has 220 valence electrons. The maximum absolute atomic E-state index is 14.4. The molecular formula is C28H26F4N6O3S. The SMILES string of the molecule is Cn1cc(S(=O)(=O)N2CCC3(C)Cc4c(cnn4-c4ccc(F)cc4)C[C@]3(C(=O)c3cc(C(F)(F)F)ccn3)C2)cn1. The first-order valence-corrected chi connectivity index (χ1v) is 14.6. The van der Waals surface area contributed by atoms with E-state index in [1.54, 1.807) is 30.1 Å². The van der Waals surface area contributed by atoms with Crippen molar-refractivity contribution in [2.75, 3.05) is 13.1 Å². The fourth-order valence-electron chi connectivity index (χ4n) is 6.24. The molecule has 9 nitrogen and oxygen atoms in total. The number of rotatable bonds is 5. The van der Waals surface area contributed by atoms with Gasteiger partial charge in [-0.3, -0.25) is 14.5 Å². The number of ketones is 1. The van der Waals surface area contributed by atoms with Gasteiger partial charge in [0.15, 0.2) is 5.78 Å². The summed E-state index contributed by atoms with van der Waals surface area (Å²) in [6.45, 7) is 1.68. The van der Waals surface area contributed by atoms with Crippen LogP contribution in [-0.2, 0) is 36.1 Å². The van der Waals surface area contributed by atoms with E-state index in [0.29, 0.717) is 11.3 Å². The average molecular weight is 603 g/mol. The molecule has 1 aromatic carbocycles. The molecule has 3 aromatic heterocycles. The number of carbonyl (C=O) groups is 1. The smallest absolute Gasteiger partial charge is 0.292 e. The molecule has 2 atom stereocenters. The molecule has 1 unspecified atom stereocenters. The summed E-state index contributed by atoms with van der Waals surface area (Å²) >= 11 is 0. The van der Waals surface area contributed by atoms with E-state index in [1.807, 2.05) is 6.92 Å². The number of fused-ring (bicyclic) bond motifs is 2. The number of benzene rings is 1. The molecule has 0 saturated carbocycles. The van der Waals surface area contributed by atoms with E-state index < -0.39 is 44.2 Å². The van der Waals surface area contributed by atoms with Gasteiger partial charge in [0.05, 0.1) is 29.1 Å². The molecule has 4 heterocycles. The monoisotopic (exact) mass is 602 g/mol. The van der Waals surface area contributed by atoms with Gasteiger partial charge < -0.3 is 0 Å². The summed E-state index contributed by atoms with van der Waals surface area (Å²) in [6.07, 6.45) is 0.943. The van der Waals surface area contributed by atoms with Crippen LogP contribution in [0.2, 0.25) is 0 Å². The Morgan fingerprint density at radius 2 is 1.79 bits per heavy atom. The topological polar surface area (TPSA) is 103 Å². The van der Waals surface area contributed by atoms with Crippen LogP contribution in [-0.4, -0.2) is 56.1 Å². The number of aromatic nitrogens is 5. The standard InChI is InChI=1S/C28H26F4N6O3S/c1-26-8-10-37(42(40,41)22-15-34-36(2)16-22)17-27(26,25(39)23-11-19(7-9-33-23)28(30,31)32)12-18-14-35-38(24(18)13-26)21-5-3-20(29)4-6-21/h3-7,9,11,14-16H,8,10,12-13,17H2,1-2H3/t26?,27-/m1/s1. The lowest BCUT2D eigenvalue weighted by Crippen LogP contribution is -2.62. The minimum atomic E-state index is -4.70. The highest BCUT2D eigenvalue weighted by Gasteiger charge is 2.61. The van der Waals surface area contributed by atoms with Gasteiger partial charge in [-0.25, -0.2) is 17.5 Å². The summed E-state index contributed by atoms with van der Waals surface area (Å²) < 4.78 is 86.0. The fraction of sp³-hybridized carbons (Fsp3) is 0.357. The molecule has 0 amide bonds. The van der Waals surface area contributed by atoms with Crippen molar-refractivity contribution < 1.29 is 30.8 Å². The van der Waals surface area contributed by atoms with Gasteiger partial charge in [-0.2, -0.15) is 27.7 Å². The third kappa shape index (κ3) is 4.44. The van der Waals surface area contributed by atoms with Crippen molar-refractivity contribution in [3.8, 4) is 5.69 Å². The third-order valence-corrected chi connectivity index (χ3v) is 10.5. The van der Waals surface area contributed by atoms with Crippen molar-refractivity contribution in [3.05, 3.63) is 89.5 Å². The Labute approximate surface area is 238 Å². The van der Waals surface area contributed by atoms with Crippen LogP contribution in [0.5, 0.6) is 0 Å². The molecule has 0 spiro atoms. The van der Waals surface area contributed by atoms with E-state index in [0.717, 1.165) is 24.0 Å². The fourth-order valence-corrected chi connectivity index (χ4v) is 7.73. The molecule has 1 aliphatic carbocycles. The van der Waals surface area contributed by atoms with Crippen molar-refractivity contribution in [2.45, 2.75) is 37.3 Å². The highest BCUT2D eigenvalue weighted by Crippen LogP contribution is 2.56. The van der Waals surface area contributed by atoms with E-state index in [1.165, 1.54) is 33.5 Å². The maximum Gasteiger partial charge on any atom is 0.416 e. The molecular weight excluding hydrogens is 576 g/mol. The number of pyridine rings is 1. The Balaban J connectivity index is 1.48. The average Bonchev–Trinajstić information content (AvgIpc) is 3.56. The largest absolute Gasteiger partial charge is 0.416 e. The Morgan fingerprint density at radius 1 is 1.05 bits per heavy atom. The summed E-state index contributed by atoms with van der Waals surface area (Å²) in [4.78, 5) is 18.4. The normalized spacial score (nSPS) is 22.9. The van der Waals surface area contributed by atoms with Crippen molar-refractivity contribution in [1.29, 1.82) is 0 Å². The zero-order chi connectivity index (χ0) is 30.1. The van der Waals surface area contributed by atoms with Crippen molar-refractivity contribution >= 4 is 15.8 Å². The number of carbonyl (C=O) groups excluding carboxylic acids is 1. The van der Waals surface area contributed by atoms with Crippen LogP contribution >= 0.6 is 0 Å². The van der Waals surface area contributed by atoms with Crippen LogP contribution in [0.15, 0.2) is 66.1 Å². The van der Waals surface area contributed by atoms with Gasteiger partial charge in [-0.05, 0) is 66.6 Å². The highest BCUT2D eigenvalue weighted by atomic mass is 32.2. The third-order valence-electron chi connectivity index (χ3n) is 8.66. The maximum atomic E-state index is 14.4. The molecule has 4 aromatic rings. The van der Waals surface area contributed by atoms with E-state index in [2.05, 4.69) is 15.2 Å². The van der Waals surface area contributed by atoms with E-state index in [4.69, 9.17) is 0 Å².